The second-order valence-corrected chi connectivity index (χ2v) is 10.7. The summed E-state index contributed by atoms with van der Waals surface area (Å²) in [6, 6.07) is 12.3. The molecule has 3 heterocycles. The Morgan fingerprint density at radius 3 is 2.61 bits per heavy atom. The van der Waals surface area contributed by atoms with Crippen LogP contribution in [0.3, 0.4) is 0 Å². The number of likely N-dealkylation sites (tertiary alicyclic amines) is 1. The lowest BCUT2D eigenvalue weighted by Gasteiger charge is -2.24. The Morgan fingerprint density at radius 1 is 1.08 bits per heavy atom. The zero-order chi connectivity index (χ0) is 25.1. The van der Waals surface area contributed by atoms with Crippen molar-refractivity contribution in [3.05, 3.63) is 57.8 Å². The fourth-order valence-corrected chi connectivity index (χ4v) is 5.50. The summed E-state index contributed by atoms with van der Waals surface area (Å²) in [5, 5.41) is 8.84. The highest BCUT2D eigenvalue weighted by molar-refractivity contribution is 7.14. The minimum Gasteiger partial charge on any atom is -0.350 e. The summed E-state index contributed by atoms with van der Waals surface area (Å²) in [5.41, 5.74) is 0.911. The molecule has 9 heteroatoms. The first-order valence-electron chi connectivity index (χ1n) is 12.4. The van der Waals surface area contributed by atoms with Gasteiger partial charge in [-0.2, -0.15) is 0 Å². The van der Waals surface area contributed by atoms with Crippen LogP contribution < -0.4 is 16.0 Å². The van der Waals surface area contributed by atoms with Gasteiger partial charge in [0.15, 0.2) is 0 Å². The summed E-state index contributed by atoms with van der Waals surface area (Å²) >= 11 is 1.33. The minimum absolute atomic E-state index is 0.0458. The minimum atomic E-state index is -1.01. The molecule has 0 radical (unpaired) electrons. The highest BCUT2D eigenvalue weighted by atomic mass is 32.1. The number of halogens is 1. The van der Waals surface area contributed by atoms with Crippen molar-refractivity contribution in [1.82, 2.24) is 20.9 Å². The molecule has 3 fully saturated rings. The van der Waals surface area contributed by atoms with Crippen LogP contribution in [-0.4, -0.2) is 66.6 Å². The number of carbonyl (C=O) groups is 3. The van der Waals surface area contributed by atoms with Crippen LogP contribution in [0.5, 0.6) is 0 Å². The number of benzene rings is 1. The van der Waals surface area contributed by atoms with Gasteiger partial charge in [0.1, 0.15) is 6.17 Å². The van der Waals surface area contributed by atoms with Crippen LogP contribution in [0.15, 0.2) is 42.5 Å². The number of hydrogen-bond donors (Lipinski definition) is 3. The van der Waals surface area contributed by atoms with Gasteiger partial charge in [-0.15, -0.1) is 11.3 Å². The van der Waals surface area contributed by atoms with Gasteiger partial charge in [0.25, 0.3) is 5.91 Å². The Labute approximate surface area is 213 Å². The average Bonchev–Trinajstić information content (AvgIpc) is 3.25. The molecule has 3 N–H and O–H groups in total. The van der Waals surface area contributed by atoms with Crippen LogP contribution >= 0.6 is 11.3 Å². The first-order chi connectivity index (χ1) is 17.5. The summed E-state index contributed by atoms with van der Waals surface area (Å²) in [7, 11) is 0. The van der Waals surface area contributed by atoms with Gasteiger partial charge < -0.3 is 20.9 Å². The quantitative estimate of drug-likeness (QED) is 0.521. The highest BCUT2D eigenvalue weighted by Crippen LogP contribution is 2.33. The molecule has 1 aromatic carbocycles. The molecule has 188 valence electrons. The van der Waals surface area contributed by atoms with Crippen molar-refractivity contribution in [3.63, 3.8) is 0 Å². The van der Waals surface area contributed by atoms with Crippen molar-refractivity contribution in [2.24, 2.45) is 5.92 Å². The van der Waals surface area contributed by atoms with Crippen molar-refractivity contribution in [2.75, 3.05) is 19.6 Å². The van der Waals surface area contributed by atoms with E-state index in [4.69, 9.17) is 0 Å². The molecule has 2 aromatic rings. The predicted molar refractivity (Wildman–Crippen MR) is 135 cm³/mol. The van der Waals surface area contributed by atoms with Crippen LogP contribution in [0.2, 0.25) is 0 Å². The zero-order valence-electron chi connectivity index (χ0n) is 19.8. The molecular weight excluding hydrogens is 479 g/mol. The van der Waals surface area contributed by atoms with Gasteiger partial charge in [-0.3, -0.25) is 14.4 Å². The number of amides is 3. The molecule has 0 spiro atoms. The lowest BCUT2D eigenvalue weighted by molar-refractivity contribution is -0.133. The monoisotopic (exact) mass is 508 g/mol. The number of nitrogens with zero attached hydrogens (tertiary/aromatic N) is 1. The Hall–Kier alpha value is -3.22. The third kappa shape index (κ3) is 5.94. The van der Waals surface area contributed by atoms with Gasteiger partial charge in [0, 0.05) is 43.6 Å². The van der Waals surface area contributed by atoms with E-state index in [-0.39, 0.29) is 48.7 Å². The first-order valence-corrected chi connectivity index (χ1v) is 13.2. The number of carbonyl (C=O) groups excluding carboxylic acids is 3. The van der Waals surface area contributed by atoms with Crippen LogP contribution in [0, 0.1) is 17.8 Å². The summed E-state index contributed by atoms with van der Waals surface area (Å²) in [6.07, 6.45) is 1.48. The molecule has 36 heavy (non-hydrogen) atoms. The summed E-state index contributed by atoms with van der Waals surface area (Å²) < 4.78 is 13.5. The summed E-state index contributed by atoms with van der Waals surface area (Å²) in [5.74, 6) is 5.88. The zero-order valence-corrected chi connectivity index (χ0v) is 20.7. The molecule has 2 saturated heterocycles. The Morgan fingerprint density at radius 2 is 1.89 bits per heavy atom. The van der Waals surface area contributed by atoms with Gasteiger partial charge in [0.05, 0.1) is 21.8 Å². The van der Waals surface area contributed by atoms with Crippen molar-refractivity contribution >= 4 is 29.1 Å². The Bertz CT molecular complexity index is 1190. The molecule has 4 atom stereocenters. The summed E-state index contributed by atoms with van der Waals surface area (Å²) in [4.78, 5) is 41.4. The normalized spacial score (nSPS) is 25.2. The Balaban J connectivity index is 1.18. The third-order valence-electron chi connectivity index (χ3n) is 6.80. The standard InChI is InChI=1S/C27H29FN4O3S/c28-19-12-23(29-14-19)25(33)31-20-13-21(32(16-20)27(35)18-7-8-18)15-30-26(34)24-11-10-22(36-24)9-6-17-4-2-1-3-5-17/h1-5,10-11,18-21,23,29H,7-8,12-16H2,(H,30,34)(H,31,33)/t19-,20+,21+,23-/m0/s1. The molecule has 2 aliphatic heterocycles. The van der Waals surface area contributed by atoms with Crippen molar-refractivity contribution < 1.29 is 18.8 Å². The number of rotatable bonds is 6. The molecule has 0 unspecified atom stereocenters. The SMILES string of the molecule is O=C(NC[C@H]1C[C@@H](NC(=O)[C@@H]2C[C@H](F)CN2)CN1C(=O)C1CC1)c1ccc(C#Cc2ccccc2)s1. The second kappa shape index (κ2) is 10.8. The van der Waals surface area contributed by atoms with Gasteiger partial charge in [0.2, 0.25) is 11.8 Å². The van der Waals surface area contributed by atoms with E-state index in [1.807, 2.05) is 36.4 Å². The number of thiophene rings is 1. The maximum Gasteiger partial charge on any atom is 0.261 e. The first kappa shape index (κ1) is 24.5. The lowest BCUT2D eigenvalue weighted by Crippen LogP contribution is -2.46. The van der Waals surface area contributed by atoms with E-state index in [1.54, 1.807) is 11.0 Å². The van der Waals surface area contributed by atoms with Crippen molar-refractivity contribution in [2.45, 2.75) is 50.0 Å². The molecule has 7 nitrogen and oxygen atoms in total. The van der Waals surface area contributed by atoms with Crippen LogP contribution in [0.25, 0.3) is 0 Å². The summed E-state index contributed by atoms with van der Waals surface area (Å²) in [6.45, 7) is 0.901. The van der Waals surface area contributed by atoms with Crippen LogP contribution in [0.4, 0.5) is 4.39 Å². The average molecular weight is 509 g/mol. The smallest absolute Gasteiger partial charge is 0.261 e. The maximum atomic E-state index is 13.5. The lowest BCUT2D eigenvalue weighted by atomic mass is 10.1. The molecule has 3 amide bonds. The molecule has 5 rings (SSSR count). The van der Waals surface area contributed by atoms with Crippen molar-refractivity contribution in [1.29, 1.82) is 0 Å². The molecule has 1 saturated carbocycles. The number of nitrogens with one attached hydrogen (secondary N) is 3. The van der Waals surface area contributed by atoms with E-state index >= 15 is 0 Å². The molecule has 1 aromatic heterocycles. The molecule has 3 aliphatic rings. The molecule has 0 bridgehead atoms. The van der Waals surface area contributed by atoms with Crippen LogP contribution in [-0.2, 0) is 9.59 Å². The largest absolute Gasteiger partial charge is 0.350 e. The van der Waals surface area contributed by atoms with Gasteiger partial charge in [-0.25, -0.2) is 4.39 Å². The fraction of sp³-hybridized carbons (Fsp3) is 0.444. The van der Waals surface area contributed by atoms with Gasteiger partial charge in [-0.1, -0.05) is 30.0 Å². The van der Waals surface area contributed by atoms with E-state index in [0.29, 0.717) is 24.4 Å². The number of hydrogen-bond acceptors (Lipinski definition) is 5. The Kier molecular flexibility index (Phi) is 7.35. The number of alkyl halides is 1. The van der Waals surface area contributed by atoms with E-state index in [0.717, 1.165) is 23.3 Å². The van der Waals surface area contributed by atoms with Crippen molar-refractivity contribution in [3.8, 4) is 11.8 Å². The van der Waals surface area contributed by atoms with E-state index in [2.05, 4.69) is 27.8 Å². The van der Waals surface area contributed by atoms with Crippen LogP contribution in [0.1, 0.15) is 45.8 Å². The highest BCUT2D eigenvalue weighted by Gasteiger charge is 2.42. The predicted octanol–water partition coefficient (Wildman–Crippen LogP) is 2.07. The second-order valence-electron chi connectivity index (χ2n) is 9.64. The van der Waals surface area contributed by atoms with Gasteiger partial charge in [-0.05, 0) is 43.5 Å². The topological polar surface area (TPSA) is 90.5 Å². The fourth-order valence-electron chi connectivity index (χ4n) is 4.72. The molecular formula is C27H29FN4O3S. The van der Waals surface area contributed by atoms with E-state index in [1.165, 1.54) is 11.3 Å². The van der Waals surface area contributed by atoms with E-state index < -0.39 is 12.2 Å². The maximum absolute atomic E-state index is 13.5. The van der Waals surface area contributed by atoms with E-state index in [9.17, 15) is 18.8 Å². The molecule has 1 aliphatic carbocycles. The third-order valence-corrected chi connectivity index (χ3v) is 7.80. The van der Waals surface area contributed by atoms with Gasteiger partial charge >= 0.3 is 0 Å².